The van der Waals surface area contributed by atoms with Crippen LogP contribution in [0.1, 0.15) is 48.2 Å². The van der Waals surface area contributed by atoms with E-state index >= 15 is 0 Å². The van der Waals surface area contributed by atoms with Gasteiger partial charge in [0.05, 0.1) is 0 Å². The summed E-state index contributed by atoms with van der Waals surface area (Å²) in [5, 5.41) is 6.03. The second-order valence-corrected chi connectivity index (χ2v) is 8.65. The van der Waals surface area contributed by atoms with Crippen LogP contribution in [-0.4, -0.2) is 35.8 Å². The summed E-state index contributed by atoms with van der Waals surface area (Å²) in [6, 6.07) is 16.1. The first-order valence-electron chi connectivity index (χ1n) is 11.0. The van der Waals surface area contributed by atoms with Crippen LogP contribution in [0.4, 0.5) is 5.69 Å². The van der Waals surface area contributed by atoms with Crippen LogP contribution in [0.25, 0.3) is 0 Å². The Morgan fingerprint density at radius 3 is 2.47 bits per heavy atom. The van der Waals surface area contributed by atoms with Gasteiger partial charge in [-0.2, -0.15) is 0 Å². The molecular weight excluding hydrogens is 374 g/mol. The molecule has 3 unspecified atom stereocenters. The van der Waals surface area contributed by atoms with Gasteiger partial charge < -0.3 is 10.6 Å². The van der Waals surface area contributed by atoms with Crippen molar-refractivity contribution in [3.05, 3.63) is 65.2 Å². The van der Waals surface area contributed by atoms with E-state index in [0.29, 0.717) is 24.1 Å². The molecule has 2 aromatic carbocycles. The molecule has 0 saturated heterocycles. The molecule has 0 aromatic heterocycles. The van der Waals surface area contributed by atoms with E-state index in [2.05, 4.69) is 53.6 Å². The van der Waals surface area contributed by atoms with Crippen LogP contribution in [0, 0.1) is 11.8 Å². The predicted molar refractivity (Wildman–Crippen MR) is 119 cm³/mol. The standard InChI is InChI=1S/C25H31N3O2/c1-3-22(28-13-12-18-6-4-5-7-20(18)16-28)15-26-24(29)19-8-10-21(11-9-19)27-25(30)23-14-17(23)2/h4-11,17,22-23H,3,12-16H2,1-2H3,(H,26,29)(H,27,30). The molecule has 158 valence electrons. The molecule has 5 heteroatoms. The van der Waals surface area contributed by atoms with Gasteiger partial charge in [0.15, 0.2) is 0 Å². The predicted octanol–water partition coefficient (Wildman–Crippen LogP) is 3.85. The van der Waals surface area contributed by atoms with E-state index in [1.54, 1.807) is 24.3 Å². The zero-order valence-corrected chi connectivity index (χ0v) is 17.9. The van der Waals surface area contributed by atoms with Crippen molar-refractivity contribution in [3.8, 4) is 0 Å². The lowest BCUT2D eigenvalue weighted by Crippen LogP contribution is -2.45. The topological polar surface area (TPSA) is 61.4 Å². The monoisotopic (exact) mass is 405 g/mol. The molecule has 1 heterocycles. The maximum Gasteiger partial charge on any atom is 0.251 e. The minimum absolute atomic E-state index is 0.0699. The third-order valence-corrected chi connectivity index (χ3v) is 6.51. The first-order chi connectivity index (χ1) is 14.5. The lowest BCUT2D eigenvalue weighted by molar-refractivity contribution is -0.117. The maximum atomic E-state index is 12.6. The quantitative estimate of drug-likeness (QED) is 0.736. The summed E-state index contributed by atoms with van der Waals surface area (Å²) in [6.07, 6.45) is 3.02. The molecule has 1 aliphatic heterocycles. The summed E-state index contributed by atoms with van der Waals surface area (Å²) in [5.74, 6) is 0.629. The molecule has 0 bridgehead atoms. The average Bonchev–Trinajstić information content (AvgIpc) is 3.51. The van der Waals surface area contributed by atoms with E-state index in [1.807, 2.05) is 0 Å². The van der Waals surface area contributed by atoms with E-state index in [0.717, 1.165) is 38.0 Å². The van der Waals surface area contributed by atoms with Gasteiger partial charge in [-0.3, -0.25) is 14.5 Å². The number of fused-ring (bicyclic) bond motifs is 1. The lowest BCUT2D eigenvalue weighted by atomic mass is 9.98. The van der Waals surface area contributed by atoms with Crippen LogP contribution in [0.2, 0.25) is 0 Å². The van der Waals surface area contributed by atoms with Crippen molar-refractivity contribution in [1.82, 2.24) is 10.2 Å². The van der Waals surface area contributed by atoms with Gasteiger partial charge in [0.2, 0.25) is 5.91 Å². The van der Waals surface area contributed by atoms with Crippen LogP contribution < -0.4 is 10.6 Å². The van der Waals surface area contributed by atoms with Crippen molar-refractivity contribution in [2.75, 3.05) is 18.4 Å². The summed E-state index contributed by atoms with van der Waals surface area (Å²) in [5.41, 5.74) is 4.20. The molecule has 1 aliphatic carbocycles. The van der Waals surface area contributed by atoms with Crippen LogP contribution in [-0.2, 0) is 17.8 Å². The second kappa shape index (κ2) is 9.00. The molecule has 2 N–H and O–H groups in total. The molecule has 0 radical (unpaired) electrons. The highest BCUT2D eigenvalue weighted by Crippen LogP contribution is 2.38. The van der Waals surface area contributed by atoms with E-state index in [9.17, 15) is 9.59 Å². The van der Waals surface area contributed by atoms with E-state index < -0.39 is 0 Å². The minimum Gasteiger partial charge on any atom is -0.350 e. The normalized spacial score (nSPS) is 21.4. The van der Waals surface area contributed by atoms with Gasteiger partial charge in [-0.05, 0) is 60.6 Å². The second-order valence-electron chi connectivity index (χ2n) is 8.65. The fraction of sp³-hybridized carbons (Fsp3) is 0.440. The summed E-state index contributed by atoms with van der Waals surface area (Å²) < 4.78 is 0. The van der Waals surface area contributed by atoms with Gasteiger partial charge in [-0.15, -0.1) is 0 Å². The van der Waals surface area contributed by atoms with Gasteiger partial charge in [0, 0.05) is 42.8 Å². The lowest BCUT2D eigenvalue weighted by Gasteiger charge is -2.35. The number of carbonyl (C=O) groups is 2. The Kier molecular flexibility index (Phi) is 6.18. The number of rotatable bonds is 7. The minimum atomic E-state index is -0.0699. The zero-order chi connectivity index (χ0) is 21.1. The van der Waals surface area contributed by atoms with Gasteiger partial charge in [-0.25, -0.2) is 0 Å². The number of nitrogens with zero attached hydrogens (tertiary/aromatic N) is 1. The number of nitrogens with one attached hydrogen (secondary N) is 2. The third-order valence-electron chi connectivity index (χ3n) is 6.51. The summed E-state index contributed by atoms with van der Waals surface area (Å²) in [4.78, 5) is 27.1. The van der Waals surface area contributed by atoms with E-state index in [4.69, 9.17) is 0 Å². The van der Waals surface area contributed by atoms with Crippen LogP contribution in [0.15, 0.2) is 48.5 Å². The SMILES string of the molecule is CCC(CNC(=O)c1ccc(NC(=O)C2CC2C)cc1)N1CCc2ccccc2C1. The first-order valence-corrected chi connectivity index (χ1v) is 11.0. The fourth-order valence-electron chi connectivity index (χ4n) is 4.30. The first kappa shape index (κ1) is 20.6. The van der Waals surface area contributed by atoms with Crippen molar-refractivity contribution in [1.29, 1.82) is 0 Å². The van der Waals surface area contributed by atoms with E-state index in [-0.39, 0.29) is 17.7 Å². The Labute approximate surface area is 178 Å². The molecule has 2 aliphatic rings. The maximum absolute atomic E-state index is 12.6. The molecule has 4 rings (SSSR count). The van der Waals surface area contributed by atoms with E-state index in [1.165, 1.54) is 11.1 Å². The van der Waals surface area contributed by atoms with Crippen molar-refractivity contribution < 1.29 is 9.59 Å². The number of benzene rings is 2. The number of hydrogen-bond acceptors (Lipinski definition) is 3. The smallest absolute Gasteiger partial charge is 0.251 e. The van der Waals surface area contributed by atoms with Crippen molar-refractivity contribution in [2.24, 2.45) is 11.8 Å². The van der Waals surface area contributed by atoms with Gasteiger partial charge in [0.25, 0.3) is 5.91 Å². The fourth-order valence-corrected chi connectivity index (χ4v) is 4.30. The van der Waals surface area contributed by atoms with Gasteiger partial charge >= 0.3 is 0 Å². The molecule has 2 amide bonds. The molecule has 2 aromatic rings. The molecule has 1 saturated carbocycles. The molecule has 5 nitrogen and oxygen atoms in total. The Hall–Kier alpha value is -2.66. The van der Waals surface area contributed by atoms with Crippen LogP contribution in [0.5, 0.6) is 0 Å². The highest BCUT2D eigenvalue weighted by molar-refractivity contribution is 5.97. The summed E-state index contributed by atoms with van der Waals surface area (Å²) in [6.45, 7) is 6.87. The van der Waals surface area contributed by atoms with Crippen LogP contribution >= 0.6 is 0 Å². The Morgan fingerprint density at radius 1 is 1.10 bits per heavy atom. The Bertz CT molecular complexity index is 909. The van der Waals surface area contributed by atoms with Crippen LogP contribution in [0.3, 0.4) is 0 Å². The van der Waals surface area contributed by atoms with Gasteiger partial charge in [0.1, 0.15) is 0 Å². The highest BCUT2D eigenvalue weighted by Gasteiger charge is 2.39. The number of hydrogen-bond donors (Lipinski definition) is 2. The highest BCUT2D eigenvalue weighted by atomic mass is 16.2. The van der Waals surface area contributed by atoms with Crippen molar-refractivity contribution in [3.63, 3.8) is 0 Å². The van der Waals surface area contributed by atoms with Gasteiger partial charge in [-0.1, -0.05) is 38.1 Å². The molecular formula is C25H31N3O2. The third kappa shape index (κ3) is 4.73. The largest absolute Gasteiger partial charge is 0.350 e. The zero-order valence-electron chi connectivity index (χ0n) is 17.9. The number of anilines is 1. The van der Waals surface area contributed by atoms with Crippen molar-refractivity contribution >= 4 is 17.5 Å². The number of amides is 2. The summed E-state index contributed by atoms with van der Waals surface area (Å²) in [7, 11) is 0. The Balaban J connectivity index is 1.29. The van der Waals surface area contributed by atoms with Crippen molar-refractivity contribution in [2.45, 2.75) is 45.7 Å². The molecule has 1 fully saturated rings. The molecule has 3 atom stereocenters. The summed E-state index contributed by atoms with van der Waals surface area (Å²) >= 11 is 0. The molecule has 0 spiro atoms. The average molecular weight is 406 g/mol. The Morgan fingerprint density at radius 2 is 1.80 bits per heavy atom. The number of carbonyl (C=O) groups excluding carboxylic acids is 2. The molecule has 30 heavy (non-hydrogen) atoms.